The maximum Gasteiger partial charge on any atom is 0.120 e. The summed E-state index contributed by atoms with van der Waals surface area (Å²) in [5.41, 5.74) is 2.71. The second-order valence-electron chi connectivity index (χ2n) is 4.97. The number of aromatic nitrogens is 1. The molecule has 0 aliphatic heterocycles. The van der Waals surface area contributed by atoms with Crippen molar-refractivity contribution in [3.8, 4) is 5.75 Å². The van der Waals surface area contributed by atoms with E-state index in [4.69, 9.17) is 9.84 Å². The molecule has 1 aromatic carbocycles. The van der Waals surface area contributed by atoms with E-state index in [0.29, 0.717) is 18.2 Å². The van der Waals surface area contributed by atoms with Crippen LogP contribution in [-0.2, 0) is 6.61 Å². The number of benzene rings is 1. The van der Waals surface area contributed by atoms with Gasteiger partial charge in [-0.05, 0) is 42.7 Å². The van der Waals surface area contributed by atoms with Crippen molar-refractivity contribution in [1.82, 2.24) is 4.98 Å². The molecule has 3 heteroatoms. The minimum atomic E-state index is -0.0254. The molecular weight excluding hydrogens is 226 g/mol. The van der Waals surface area contributed by atoms with Crippen molar-refractivity contribution in [2.75, 3.05) is 6.61 Å². The largest absolute Gasteiger partial charge is 0.493 e. The van der Waals surface area contributed by atoms with Gasteiger partial charge in [0.15, 0.2) is 0 Å². The molecular formula is C15H19NO2. The number of ether oxygens (including phenoxy) is 1. The third-order valence-electron chi connectivity index (χ3n) is 2.79. The predicted molar refractivity (Wildman–Crippen MR) is 72.7 cm³/mol. The number of nitrogens with zero attached hydrogens (tertiary/aromatic N) is 1. The maximum absolute atomic E-state index is 9.13. The van der Waals surface area contributed by atoms with Crippen LogP contribution in [-0.4, -0.2) is 16.7 Å². The van der Waals surface area contributed by atoms with Gasteiger partial charge in [0.05, 0.1) is 24.4 Å². The standard InChI is InChI=1S/C15H19NO2/c1-10(2)9-18-13-4-5-15-14(7-13)11(3)6-12(8-17)16-15/h4-7,10,17H,8-9H2,1-3H3. The molecule has 0 unspecified atom stereocenters. The van der Waals surface area contributed by atoms with Crippen molar-refractivity contribution >= 4 is 10.9 Å². The summed E-state index contributed by atoms with van der Waals surface area (Å²) in [6.45, 7) is 6.97. The SMILES string of the molecule is Cc1cc(CO)nc2ccc(OCC(C)C)cc12. The van der Waals surface area contributed by atoms with Crippen LogP contribution in [0.2, 0.25) is 0 Å². The highest BCUT2D eigenvalue weighted by atomic mass is 16.5. The van der Waals surface area contributed by atoms with Crippen LogP contribution in [0.15, 0.2) is 24.3 Å². The van der Waals surface area contributed by atoms with Gasteiger partial charge < -0.3 is 9.84 Å². The first kappa shape index (κ1) is 12.8. The van der Waals surface area contributed by atoms with E-state index in [1.54, 1.807) is 0 Å². The number of pyridine rings is 1. The number of aliphatic hydroxyl groups excluding tert-OH is 1. The first-order valence-corrected chi connectivity index (χ1v) is 6.24. The summed E-state index contributed by atoms with van der Waals surface area (Å²) in [5.74, 6) is 1.38. The molecule has 1 N–H and O–H groups in total. The molecule has 2 rings (SSSR count). The van der Waals surface area contributed by atoms with Gasteiger partial charge in [0.25, 0.3) is 0 Å². The molecule has 0 saturated carbocycles. The molecule has 1 heterocycles. The molecule has 3 nitrogen and oxygen atoms in total. The number of aliphatic hydroxyl groups is 1. The number of hydrogen-bond acceptors (Lipinski definition) is 3. The average molecular weight is 245 g/mol. The van der Waals surface area contributed by atoms with Gasteiger partial charge in [-0.15, -0.1) is 0 Å². The van der Waals surface area contributed by atoms with Gasteiger partial charge in [0.2, 0.25) is 0 Å². The van der Waals surface area contributed by atoms with Crippen LogP contribution in [0.1, 0.15) is 25.1 Å². The molecule has 0 fully saturated rings. The topological polar surface area (TPSA) is 42.4 Å². The highest BCUT2D eigenvalue weighted by Crippen LogP contribution is 2.23. The van der Waals surface area contributed by atoms with Crippen molar-refractivity contribution in [2.45, 2.75) is 27.4 Å². The van der Waals surface area contributed by atoms with Gasteiger partial charge in [-0.1, -0.05) is 13.8 Å². The molecule has 0 bridgehead atoms. The van der Waals surface area contributed by atoms with E-state index >= 15 is 0 Å². The van der Waals surface area contributed by atoms with Crippen LogP contribution in [0.5, 0.6) is 5.75 Å². The predicted octanol–water partition coefficient (Wildman–Crippen LogP) is 3.07. The van der Waals surface area contributed by atoms with Gasteiger partial charge in [0, 0.05) is 5.39 Å². The normalized spacial score (nSPS) is 11.2. The number of rotatable bonds is 4. The molecule has 0 aliphatic rings. The van der Waals surface area contributed by atoms with Crippen molar-refractivity contribution < 1.29 is 9.84 Å². The van der Waals surface area contributed by atoms with Crippen LogP contribution in [0.4, 0.5) is 0 Å². The van der Waals surface area contributed by atoms with Crippen LogP contribution in [0, 0.1) is 12.8 Å². The Morgan fingerprint density at radius 3 is 2.72 bits per heavy atom. The lowest BCUT2D eigenvalue weighted by Crippen LogP contribution is -2.04. The molecule has 96 valence electrons. The Kier molecular flexibility index (Phi) is 3.82. The summed E-state index contributed by atoms with van der Waals surface area (Å²) in [6.07, 6.45) is 0. The van der Waals surface area contributed by atoms with Crippen molar-refractivity contribution in [3.63, 3.8) is 0 Å². The molecule has 0 saturated heterocycles. The Morgan fingerprint density at radius 2 is 2.06 bits per heavy atom. The summed E-state index contributed by atoms with van der Waals surface area (Å²) >= 11 is 0. The van der Waals surface area contributed by atoms with E-state index in [9.17, 15) is 0 Å². The van der Waals surface area contributed by atoms with Crippen LogP contribution < -0.4 is 4.74 Å². The van der Waals surface area contributed by atoms with Gasteiger partial charge in [-0.2, -0.15) is 0 Å². The summed E-state index contributed by atoms with van der Waals surface area (Å²) in [6, 6.07) is 7.80. The lowest BCUT2D eigenvalue weighted by molar-refractivity contribution is 0.271. The molecule has 0 atom stereocenters. The van der Waals surface area contributed by atoms with E-state index < -0.39 is 0 Å². The minimum absolute atomic E-state index is 0.0254. The summed E-state index contributed by atoms with van der Waals surface area (Å²) in [4.78, 5) is 4.39. The molecule has 2 aromatic rings. The van der Waals surface area contributed by atoms with Gasteiger partial charge in [-0.3, -0.25) is 4.98 Å². The molecule has 0 amide bonds. The summed E-state index contributed by atoms with van der Waals surface area (Å²) in [7, 11) is 0. The maximum atomic E-state index is 9.13. The Bertz CT molecular complexity index is 549. The number of hydrogen-bond donors (Lipinski definition) is 1. The van der Waals surface area contributed by atoms with E-state index in [2.05, 4.69) is 18.8 Å². The van der Waals surface area contributed by atoms with E-state index in [1.807, 2.05) is 31.2 Å². The molecule has 0 aliphatic carbocycles. The third-order valence-corrected chi connectivity index (χ3v) is 2.79. The lowest BCUT2D eigenvalue weighted by atomic mass is 10.1. The van der Waals surface area contributed by atoms with Gasteiger partial charge >= 0.3 is 0 Å². The van der Waals surface area contributed by atoms with E-state index in [0.717, 1.165) is 22.2 Å². The quantitative estimate of drug-likeness (QED) is 0.900. The highest BCUT2D eigenvalue weighted by Gasteiger charge is 2.05. The molecule has 0 spiro atoms. The monoisotopic (exact) mass is 245 g/mol. The van der Waals surface area contributed by atoms with Crippen molar-refractivity contribution in [2.24, 2.45) is 5.92 Å². The Labute approximate surface area is 107 Å². The van der Waals surface area contributed by atoms with E-state index in [-0.39, 0.29) is 6.61 Å². The zero-order valence-electron chi connectivity index (χ0n) is 11.1. The Balaban J connectivity index is 2.36. The summed E-state index contributed by atoms with van der Waals surface area (Å²) in [5, 5.41) is 10.2. The fourth-order valence-corrected chi connectivity index (χ4v) is 1.88. The highest BCUT2D eigenvalue weighted by molar-refractivity contribution is 5.83. The van der Waals surface area contributed by atoms with Gasteiger partial charge in [0.1, 0.15) is 5.75 Å². The third kappa shape index (κ3) is 2.79. The number of fused-ring (bicyclic) bond motifs is 1. The Morgan fingerprint density at radius 1 is 1.28 bits per heavy atom. The van der Waals surface area contributed by atoms with E-state index in [1.165, 1.54) is 0 Å². The molecule has 1 aromatic heterocycles. The van der Waals surface area contributed by atoms with Crippen LogP contribution in [0.3, 0.4) is 0 Å². The minimum Gasteiger partial charge on any atom is -0.493 e. The average Bonchev–Trinajstić information content (AvgIpc) is 2.36. The second kappa shape index (κ2) is 5.36. The smallest absolute Gasteiger partial charge is 0.120 e. The zero-order chi connectivity index (χ0) is 13.1. The second-order valence-corrected chi connectivity index (χ2v) is 4.97. The zero-order valence-corrected chi connectivity index (χ0v) is 11.1. The fraction of sp³-hybridized carbons (Fsp3) is 0.400. The first-order valence-electron chi connectivity index (χ1n) is 6.24. The van der Waals surface area contributed by atoms with Crippen LogP contribution >= 0.6 is 0 Å². The number of aryl methyl sites for hydroxylation is 1. The van der Waals surface area contributed by atoms with Crippen molar-refractivity contribution in [1.29, 1.82) is 0 Å². The van der Waals surface area contributed by atoms with Gasteiger partial charge in [-0.25, -0.2) is 0 Å². The molecule has 0 radical (unpaired) electrons. The Hall–Kier alpha value is -1.61. The van der Waals surface area contributed by atoms with Crippen LogP contribution in [0.25, 0.3) is 10.9 Å². The summed E-state index contributed by atoms with van der Waals surface area (Å²) < 4.78 is 5.71. The molecule has 18 heavy (non-hydrogen) atoms. The lowest BCUT2D eigenvalue weighted by Gasteiger charge is -2.10. The first-order chi connectivity index (χ1) is 8.60. The van der Waals surface area contributed by atoms with Crippen molar-refractivity contribution in [3.05, 3.63) is 35.5 Å². The fourth-order valence-electron chi connectivity index (χ4n) is 1.88.